The maximum atomic E-state index is 12.0. The standard InChI is InChI=1S/C19H29NO3/c1-7-16(21)14-8-10-15(11-9-14)23-12-17(22)20-19(5,6)13-18(2,3)4/h8-11H,7,12-13H2,1-6H3,(H,20,22). The van der Waals surface area contributed by atoms with Crippen molar-refractivity contribution in [1.29, 1.82) is 0 Å². The molecule has 1 amide bonds. The van der Waals surface area contributed by atoms with Crippen LogP contribution in [0.4, 0.5) is 0 Å². The van der Waals surface area contributed by atoms with Crippen LogP contribution in [-0.2, 0) is 4.79 Å². The molecule has 0 aromatic heterocycles. The Labute approximate surface area is 139 Å². The van der Waals surface area contributed by atoms with Crippen molar-refractivity contribution >= 4 is 11.7 Å². The van der Waals surface area contributed by atoms with E-state index in [4.69, 9.17) is 4.74 Å². The molecule has 1 rings (SSSR count). The zero-order valence-corrected chi connectivity index (χ0v) is 15.2. The second kappa shape index (κ2) is 7.62. The highest BCUT2D eigenvalue weighted by molar-refractivity contribution is 5.95. The van der Waals surface area contributed by atoms with Crippen LogP contribution >= 0.6 is 0 Å². The van der Waals surface area contributed by atoms with Gasteiger partial charge < -0.3 is 10.1 Å². The number of amides is 1. The Kier molecular flexibility index (Phi) is 6.37. The zero-order valence-electron chi connectivity index (χ0n) is 15.2. The summed E-state index contributed by atoms with van der Waals surface area (Å²) in [5.74, 6) is 0.535. The van der Waals surface area contributed by atoms with Gasteiger partial charge in [-0.05, 0) is 49.9 Å². The van der Waals surface area contributed by atoms with Gasteiger partial charge in [0.2, 0.25) is 0 Å². The van der Waals surface area contributed by atoms with E-state index in [1.165, 1.54) is 0 Å². The van der Waals surface area contributed by atoms with E-state index in [1.807, 2.05) is 20.8 Å². The van der Waals surface area contributed by atoms with E-state index >= 15 is 0 Å². The first kappa shape index (κ1) is 19.2. The summed E-state index contributed by atoms with van der Waals surface area (Å²) in [7, 11) is 0. The molecule has 0 aliphatic rings. The fourth-order valence-corrected chi connectivity index (χ4v) is 2.87. The van der Waals surface area contributed by atoms with Crippen LogP contribution in [0.3, 0.4) is 0 Å². The van der Waals surface area contributed by atoms with Crippen molar-refractivity contribution < 1.29 is 14.3 Å². The molecule has 23 heavy (non-hydrogen) atoms. The Bertz CT molecular complexity index is 539. The second-order valence-electron chi connectivity index (χ2n) is 7.76. The number of ketones is 1. The predicted molar refractivity (Wildman–Crippen MR) is 92.9 cm³/mol. The number of Topliss-reactive ketones (excluding diaryl/α,β-unsaturated/α-hetero) is 1. The minimum atomic E-state index is -0.282. The zero-order chi connectivity index (χ0) is 17.7. The molecule has 0 saturated heterocycles. The van der Waals surface area contributed by atoms with Gasteiger partial charge in [0.05, 0.1) is 0 Å². The van der Waals surface area contributed by atoms with Gasteiger partial charge in [-0.3, -0.25) is 9.59 Å². The Morgan fingerprint density at radius 1 is 1.04 bits per heavy atom. The van der Waals surface area contributed by atoms with E-state index in [9.17, 15) is 9.59 Å². The van der Waals surface area contributed by atoms with Crippen molar-refractivity contribution in [3.8, 4) is 5.75 Å². The van der Waals surface area contributed by atoms with Crippen molar-refractivity contribution in [3.05, 3.63) is 29.8 Å². The maximum Gasteiger partial charge on any atom is 0.258 e. The maximum absolute atomic E-state index is 12.0. The number of hydrogen-bond acceptors (Lipinski definition) is 3. The molecule has 0 radical (unpaired) electrons. The van der Waals surface area contributed by atoms with E-state index in [0.717, 1.165) is 6.42 Å². The van der Waals surface area contributed by atoms with Gasteiger partial charge in [-0.1, -0.05) is 27.7 Å². The Morgan fingerprint density at radius 2 is 1.61 bits per heavy atom. The fourth-order valence-electron chi connectivity index (χ4n) is 2.87. The van der Waals surface area contributed by atoms with Crippen molar-refractivity contribution in [2.75, 3.05) is 6.61 Å². The lowest BCUT2D eigenvalue weighted by Crippen LogP contribution is -2.47. The van der Waals surface area contributed by atoms with Gasteiger partial charge in [-0.25, -0.2) is 0 Å². The van der Waals surface area contributed by atoms with E-state index in [1.54, 1.807) is 24.3 Å². The van der Waals surface area contributed by atoms with Crippen LogP contribution in [0.2, 0.25) is 0 Å². The first-order chi connectivity index (χ1) is 10.5. The van der Waals surface area contributed by atoms with E-state index in [2.05, 4.69) is 26.1 Å². The molecule has 0 saturated carbocycles. The van der Waals surface area contributed by atoms with Gasteiger partial charge in [0, 0.05) is 17.5 Å². The highest BCUT2D eigenvalue weighted by atomic mass is 16.5. The second-order valence-corrected chi connectivity index (χ2v) is 7.76. The quantitative estimate of drug-likeness (QED) is 0.773. The SMILES string of the molecule is CCC(=O)c1ccc(OCC(=O)NC(C)(C)CC(C)(C)C)cc1. The van der Waals surface area contributed by atoms with Crippen molar-refractivity contribution in [3.63, 3.8) is 0 Å². The number of benzene rings is 1. The molecule has 0 unspecified atom stereocenters. The molecule has 1 aromatic rings. The van der Waals surface area contributed by atoms with Crippen LogP contribution in [0.25, 0.3) is 0 Å². The minimum Gasteiger partial charge on any atom is -0.484 e. The first-order valence-corrected chi connectivity index (χ1v) is 8.09. The average molecular weight is 319 g/mol. The normalized spacial score (nSPS) is 11.9. The van der Waals surface area contributed by atoms with Crippen LogP contribution in [-0.4, -0.2) is 23.8 Å². The van der Waals surface area contributed by atoms with E-state index in [0.29, 0.717) is 17.7 Å². The summed E-state index contributed by atoms with van der Waals surface area (Å²) in [5.41, 5.74) is 0.519. The summed E-state index contributed by atoms with van der Waals surface area (Å²) in [6.45, 7) is 12.3. The molecule has 1 N–H and O–H groups in total. The van der Waals surface area contributed by atoms with E-state index in [-0.39, 0.29) is 29.3 Å². The van der Waals surface area contributed by atoms with Crippen molar-refractivity contribution in [2.24, 2.45) is 5.41 Å². The summed E-state index contributed by atoms with van der Waals surface area (Å²) in [6, 6.07) is 6.89. The van der Waals surface area contributed by atoms with Crippen LogP contribution in [0, 0.1) is 5.41 Å². The lowest BCUT2D eigenvalue weighted by atomic mass is 9.82. The van der Waals surface area contributed by atoms with Gasteiger partial charge >= 0.3 is 0 Å². The summed E-state index contributed by atoms with van der Waals surface area (Å²) in [6.07, 6.45) is 1.35. The highest BCUT2D eigenvalue weighted by Gasteiger charge is 2.27. The first-order valence-electron chi connectivity index (χ1n) is 8.09. The molecule has 4 heteroatoms. The largest absolute Gasteiger partial charge is 0.484 e. The molecule has 0 fully saturated rings. The summed E-state index contributed by atoms with van der Waals surface area (Å²) >= 11 is 0. The third-order valence-electron chi connectivity index (χ3n) is 3.32. The van der Waals surface area contributed by atoms with Crippen molar-refractivity contribution in [1.82, 2.24) is 5.32 Å². The fraction of sp³-hybridized carbons (Fsp3) is 0.579. The van der Waals surface area contributed by atoms with Gasteiger partial charge in [-0.15, -0.1) is 0 Å². The molecular formula is C19H29NO3. The number of carbonyl (C=O) groups is 2. The summed E-state index contributed by atoms with van der Waals surface area (Å²) in [5, 5.41) is 3.00. The molecule has 0 heterocycles. The molecule has 0 atom stereocenters. The number of ether oxygens (including phenoxy) is 1. The van der Waals surface area contributed by atoms with Gasteiger partial charge in [-0.2, -0.15) is 0 Å². The van der Waals surface area contributed by atoms with Crippen LogP contribution < -0.4 is 10.1 Å². The monoisotopic (exact) mass is 319 g/mol. The molecule has 4 nitrogen and oxygen atoms in total. The molecule has 0 aliphatic carbocycles. The lowest BCUT2D eigenvalue weighted by Gasteiger charge is -2.33. The van der Waals surface area contributed by atoms with Gasteiger partial charge in [0.15, 0.2) is 12.4 Å². The highest BCUT2D eigenvalue weighted by Crippen LogP contribution is 2.26. The third kappa shape index (κ3) is 7.31. The Morgan fingerprint density at radius 3 is 2.09 bits per heavy atom. The topological polar surface area (TPSA) is 55.4 Å². The number of carbonyl (C=O) groups excluding carboxylic acids is 2. The number of nitrogens with one attached hydrogen (secondary N) is 1. The molecule has 0 aliphatic heterocycles. The predicted octanol–water partition coefficient (Wildman–Crippen LogP) is 3.99. The lowest BCUT2D eigenvalue weighted by molar-refractivity contribution is -0.125. The number of hydrogen-bond donors (Lipinski definition) is 1. The smallest absolute Gasteiger partial charge is 0.258 e. The van der Waals surface area contributed by atoms with Crippen LogP contribution in [0.5, 0.6) is 5.75 Å². The minimum absolute atomic E-state index is 0.0331. The summed E-state index contributed by atoms with van der Waals surface area (Å²) in [4.78, 5) is 23.6. The van der Waals surface area contributed by atoms with E-state index < -0.39 is 0 Å². The van der Waals surface area contributed by atoms with Crippen molar-refractivity contribution in [2.45, 2.75) is 59.9 Å². The van der Waals surface area contributed by atoms with Gasteiger partial charge in [0.25, 0.3) is 5.91 Å². The average Bonchev–Trinajstić information content (AvgIpc) is 2.41. The molecule has 0 spiro atoms. The third-order valence-corrected chi connectivity index (χ3v) is 3.32. The van der Waals surface area contributed by atoms with Crippen LogP contribution in [0.15, 0.2) is 24.3 Å². The van der Waals surface area contributed by atoms with Gasteiger partial charge in [0.1, 0.15) is 5.75 Å². The Balaban J connectivity index is 2.51. The molecular weight excluding hydrogens is 290 g/mol. The number of rotatable bonds is 7. The Hall–Kier alpha value is -1.84. The molecule has 128 valence electrons. The summed E-state index contributed by atoms with van der Waals surface area (Å²) < 4.78 is 5.49. The molecule has 0 bridgehead atoms. The van der Waals surface area contributed by atoms with Crippen LogP contribution in [0.1, 0.15) is 64.7 Å². The molecule has 1 aromatic carbocycles.